The van der Waals surface area contributed by atoms with Crippen molar-refractivity contribution in [3.05, 3.63) is 89.7 Å². The molecule has 0 aliphatic rings. The van der Waals surface area contributed by atoms with Gasteiger partial charge in [-0.3, -0.25) is 4.98 Å². The van der Waals surface area contributed by atoms with Crippen molar-refractivity contribution in [2.24, 2.45) is 0 Å². The van der Waals surface area contributed by atoms with Crippen molar-refractivity contribution in [3.63, 3.8) is 0 Å². The van der Waals surface area contributed by atoms with E-state index in [1.807, 2.05) is 67.6 Å². The molecule has 2 heterocycles. The van der Waals surface area contributed by atoms with Gasteiger partial charge in [0.05, 0.1) is 13.2 Å². The molecule has 0 spiro atoms. The summed E-state index contributed by atoms with van der Waals surface area (Å²) in [7, 11) is 1.64. The third-order valence-electron chi connectivity index (χ3n) is 4.75. The highest BCUT2D eigenvalue weighted by atomic mass is 16.5. The average Bonchev–Trinajstić information content (AvgIpc) is 2.73. The van der Waals surface area contributed by atoms with Gasteiger partial charge in [-0.25, -0.2) is 4.98 Å². The van der Waals surface area contributed by atoms with Crippen LogP contribution in [0.25, 0.3) is 10.9 Å². The molecule has 1 atom stereocenters. The first-order chi connectivity index (χ1) is 13.7. The molecule has 140 valence electrons. The van der Waals surface area contributed by atoms with Gasteiger partial charge in [-0.05, 0) is 36.8 Å². The number of hydrogen-bond acceptors (Lipinski definition) is 5. The minimum atomic E-state index is -0.364. The van der Waals surface area contributed by atoms with Gasteiger partial charge in [-0.2, -0.15) is 0 Å². The number of methoxy groups -OCH3 is 1. The molecule has 0 saturated carbocycles. The van der Waals surface area contributed by atoms with Gasteiger partial charge in [-0.15, -0.1) is 0 Å². The van der Waals surface area contributed by atoms with E-state index in [4.69, 9.17) is 4.74 Å². The third-order valence-corrected chi connectivity index (χ3v) is 4.75. The number of fused-ring (bicyclic) bond motifs is 1. The van der Waals surface area contributed by atoms with Gasteiger partial charge in [0, 0.05) is 28.9 Å². The fourth-order valence-electron chi connectivity index (χ4n) is 3.37. The van der Waals surface area contributed by atoms with Crippen molar-refractivity contribution < 1.29 is 9.84 Å². The summed E-state index contributed by atoms with van der Waals surface area (Å²) in [6.07, 6.45) is 3.44. The Balaban J connectivity index is 1.89. The molecule has 0 fully saturated rings. The SMILES string of the molecule is COc1ccccc1[C@@H](Nc1cc(C)ccn1)c1ccc2cccnc2c1O. The van der Waals surface area contributed by atoms with E-state index >= 15 is 0 Å². The molecule has 0 radical (unpaired) electrons. The van der Waals surface area contributed by atoms with Gasteiger partial charge in [0.15, 0.2) is 0 Å². The highest BCUT2D eigenvalue weighted by Gasteiger charge is 2.23. The number of phenols is 1. The topological polar surface area (TPSA) is 67.3 Å². The Morgan fingerprint density at radius 2 is 1.79 bits per heavy atom. The van der Waals surface area contributed by atoms with Crippen LogP contribution in [0.3, 0.4) is 0 Å². The maximum atomic E-state index is 11.0. The standard InChI is InChI=1S/C23H21N3O2/c1-15-11-13-24-20(14-15)26-22(17-7-3-4-8-19(17)28-2)18-10-9-16-6-5-12-25-21(16)23(18)27/h3-14,22,27H,1-2H3,(H,24,26)/t22-/m1/s1. The van der Waals surface area contributed by atoms with Gasteiger partial charge in [-0.1, -0.05) is 36.4 Å². The maximum absolute atomic E-state index is 11.0. The highest BCUT2D eigenvalue weighted by molar-refractivity contribution is 5.86. The molecule has 0 unspecified atom stereocenters. The Bertz CT molecular complexity index is 1130. The molecule has 5 nitrogen and oxygen atoms in total. The summed E-state index contributed by atoms with van der Waals surface area (Å²) >= 11 is 0. The van der Waals surface area contributed by atoms with Crippen LogP contribution in [0.1, 0.15) is 22.7 Å². The van der Waals surface area contributed by atoms with Crippen LogP contribution in [0.15, 0.2) is 73.1 Å². The summed E-state index contributed by atoms with van der Waals surface area (Å²) in [6, 6.07) is 19.0. The summed E-state index contributed by atoms with van der Waals surface area (Å²) in [5, 5.41) is 15.4. The van der Waals surface area contributed by atoms with Gasteiger partial charge in [0.2, 0.25) is 0 Å². The number of rotatable bonds is 5. The minimum Gasteiger partial charge on any atom is -0.505 e. The van der Waals surface area contributed by atoms with E-state index in [-0.39, 0.29) is 11.8 Å². The molecule has 0 aliphatic heterocycles. The number of phenolic OH excluding ortho intramolecular Hbond substituents is 1. The van der Waals surface area contributed by atoms with E-state index in [1.54, 1.807) is 19.5 Å². The second-order valence-electron chi connectivity index (χ2n) is 6.62. The normalized spacial score (nSPS) is 11.9. The summed E-state index contributed by atoms with van der Waals surface area (Å²) in [5.74, 6) is 1.60. The second kappa shape index (κ2) is 7.56. The quantitative estimate of drug-likeness (QED) is 0.525. The highest BCUT2D eigenvalue weighted by Crippen LogP contribution is 2.39. The molecule has 5 heteroatoms. The number of anilines is 1. The molecule has 0 bridgehead atoms. The van der Waals surface area contributed by atoms with Crippen molar-refractivity contribution in [1.29, 1.82) is 0 Å². The van der Waals surface area contributed by atoms with Crippen molar-refractivity contribution in [3.8, 4) is 11.5 Å². The lowest BCUT2D eigenvalue weighted by Gasteiger charge is -2.23. The third kappa shape index (κ3) is 3.34. The monoisotopic (exact) mass is 371 g/mol. The molecule has 0 amide bonds. The van der Waals surface area contributed by atoms with E-state index < -0.39 is 0 Å². The number of para-hydroxylation sites is 1. The predicted molar refractivity (Wildman–Crippen MR) is 111 cm³/mol. The Labute approximate surface area is 163 Å². The molecule has 4 rings (SSSR count). The second-order valence-corrected chi connectivity index (χ2v) is 6.62. The Morgan fingerprint density at radius 1 is 0.929 bits per heavy atom. The van der Waals surface area contributed by atoms with E-state index in [2.05, 4.69) is 15.3 Å². The lowest BCUT2D eigenvalue weighted by Crippen LogP contribution is -2.15. The average molecular weight is 371 g/mol. The predicted octanol–water partition coefficient (Wildman–Crippen LogP) is 4.85. The first-order valence-corrected chi connectivity index (χ1v) is 9.06. The van der Waals surface area contributed by atoms with Crippen molar-refractivity contribution in [1.82, 2.24) is 9.97 Å². The lowest BCUT2D eigenvalue weighted by atomic mass is 9.95. The molecule has 2 aromatic carbocycles. The molecule has 4 aromatic rings. The zero-order chi connectivity index (χ0) is 19.5. The largest absolute Gasteiger partial charge is 0.505 e. The van der Waals surface area contributed by atoms with E-state index in [1.165, 1.54) is 0 Å². The fraction of sp³-hybridized carbons (Fsp3) is 0.130. The molecule has 0 aliphatic carbocycles. The molecule has 28 heavy (non-hydrogen) atoms. The Morgan fingerprint density at radius 3 is 2.61 bits per heavy atom. The van der Waals surface area contributed by atoms with Crippen LogP contribution in [-0.2, 0) is 0 Å². The van der Waals surface area contributed by atoms with Crippen molar-refractivity contribution in [2.75, 3.05) is 12.4 Å². The Kier molecular flexibility index (Phi) is 4.81. The number of hydrogen-bond donors (Lipinski definition) is 2. The van der Waals surface area contributed by atoms with E-state index in [0.29, 0.717) is 11.1 Å². The number of pyridine rings is 2. The molecular formula is C23H21N3O2. The number of ether oxygens (including phenoxy) is 1. The Hall–Kier alpha value is -3.60. The van der Waals surface area contributed by atoms with Gasteiger partial charge in [0.1, 0.15) is 22.8 Å². The fourth-order valence-corrected chi connectivity index (χ4v) is 3.37. The number of aromatic hydroxyl groups is 1. The summed E-state index contributed by atoms with van der Waals surface area (Å²) < 4.78 is 5.58. The first kappa shape index (κ1) is 17.8. The molecule has 0 saturated heterocycles. The van der Waals surface area contributed by atoms with Crippen LogP contribution in [-0.4, -0.2) is 22.2 Å². The van der Waals surface area contributed by atoms with Crippen LogP contribution in [0.4, 0.5) is 5.82 Å². The summed E-state index contributed by atoms with van der Waals surface area (Å²) in [4.78, 5) is 8.79. The summed E-state index contributed by atoms with van der Waals surface area (Å²) in [5.41, 5.74) is 3.28. The molecular weight excluding hydrogens is 350 g/mol. The zero-order valence-corrected chi connectivity index (χ0v) is 15.8. The number of nitrogens with zero attached hydrogens (tertiary/aromatic N) is 2. The summed E-state index contributed by atoms with van der Waals surface area (Å²) in [6.45, 7) is 2.02. The van der Waals surface area contributed by atoms with Crippen LogP contribution in [0, 0.1) is 6.92 Å². The molecule has 2 N–H and O–H groups in total. The van der Waals surface area contributed by atoms with Crippen LogP contribution < -0.4 is 10.1 Å². The van der Waals surface area contributed by atoms with Gasteiger partial charge >= 0.3 is 0 Å². The van der Waals surface area contributed by atoms with E-state index in [0.717, 1.165) is 28.1 Å². The number of aryl methyl sites for hydroxylation is 1. The van der Waals surface area contributed by atoms with Crippen LogP contribution >= 0.6 is 0 Å². The molecule has 2 aromatic heterocycles. The van der Waals surface area contributed by atoms with E-state index in [9.17, 15) is 5.11 Å². The van der Waals surface area contributed by atoms with Gasteiger partial charge in [0.25, 0.3) is 0 Å². The number of benzene rings is 2. The number of nitrogens with one attached hydrogen (secondary N) is 1. The smallest absolute Gasteiger partial charge is 0.147 e. The number of aromatic nitrogens is 2. The van der Waals surface area contributed by atoms with Crippen molar-refractivity contribution >= 4 is 16.7 Å². The lowest BCUT2D eigenvalue weighted by molar-refractivity contribution is 0.408. The van der Waals surface area contributed by atoms with Gasteiger partial charge < -0.3 is 15.2 Å². The zero-order valence-electron chi connectivity index (χ0n) is 15.8. The minimum absolute atomic E-state index is 0.147. The van der Waals surface area contributed by atoms with Crippen LogP contribution in [0.2, 0.25) is 0 Å². The first-order valence-electron chi connectivity index (χ1n) is 9.06. The van der Waals surface area contributed by atoms with Crippen LogP contribution in [0.5, 0.6) is 11.5 Å². The van der Waals surface area contributed by atoms with Crippen molar-refractivity contribution in [2.45, 2.75) is 13.0 Å². The maximum Gasteiger partial charge on any atom is 0.147 e.